The molecule has 1 aliphatic rings. The van der Waals surface area contributed by atoms with Crippen LogP contribution in [0.1, 0.15) is 26.2 Å². The van der Waals surface area contributed by atoms with E-state index in [0.717, 1.165) is 13.0 Å². The van der Waals surface area contributed by atoms with Crippen molar-refractivity contribution < 1.29 is 19.5 Å². The van der Waals surface area contributed by atoms with E-state index in [0.29, 0.717) is 19.6 Å². The van der Waals surface area contributed by atoms with Crippen LogP contribution >= 0.6 is 0 Å². The van der Waals surface area contributed by atoms with E-state index < -0.39 is 5.97 Å². The average Bonchev–Trinajstić information content (AvgIpc) is 2.52. The summed E-state index contributed by atoms with van der Waals surface area (Å²) in [4.78, 5) is 37.3. The minimum absolute atomic E-state index is 0.00732. The predicted octanol–water partition coefficient (Wildman–Crippen LogP) is -0.493. The van der Waals surface area contributed by atoms with Crippen molar-refractivity contribution in [2.75, 3.05) is 32.7 Å². The summed E-state index contributed by atoms with van der Waals surface area (Å²) in [5, 5.41) is 8.70. The van der Waals surface area contributed by atoms with Crippen molar-refractivity contribution in [1.29, 1.82) is 0 Å². The number of rotatable bonds is 6. The highest BCUT2D eigenvalue weighted by atomic mass is 16.4. The zero-order chi connectivity index (χ0) is 15.1. The van der Waals surface area contributed by atoms with Crippen molar-refractivity contribution in [2.24, 2.45) is 11.7 Å². The smallest absolute Gasteiger partial charge is 0.303 e. The van der Waals surface area contributed by atoms with Crippen LogP contribution in [-0.2, 0) is 14.4 Å². The molecule has 1 heterocycles. The van der Waals surface area contributed by atoms with Crippen LogP contribution in [0.5, 0.6) is 0 Å². The number of carbonyl (C=O) groups excluding carboxylic acids is 2. The molecule has 0 spiro atoms. The Balaban J connectivity index is 2.41. The second kappa shape index (κ2) is 7.84. The van der Waals surface area contributed by atoms with Gasteiger partial charge in [-0.3, -0.25) is 19.3 Å². The second-order valence-corrected chi connectivity index (χ2v) is 5.38. The molecule has 0 aromatic rings. The van der Waals surface area contributed by atoms with Gasteiger partial charge in [0.15, 0.2) is 0 Å². The van der Waals surface area contributed by atoms with Crippen LogP contribution in [0.3, 0.4) is 0 Å². The van der Waals surface area contributed by atoms with Crippen molar-refractivity contribution >= 4 is 17.8 Å². The molecule has 1 rings (SSSR count). The highest BCUT2D eigenvalue weighted by Crippen LogP contribution is 2.12. The number of aliphatic carboxylic acids is 1. The fourth-order valence-corrected chi connectivity index (χ4v) is 2.40. The average molecular weight is 285 g/mol. The van der Waals surface area contributed by atoms with Gasteiger partial charge in [-0.15, -0.1) is 0 Å². The van der Waals surface area contributed by atoms with Crippen molar-refractivity contribution in [3.63, 3.8) is 0 Å². The third kappa shape index (κ3) is 6.01. The first kappa shape index (κ1) is 16.4. The number of carbonyl (C=O) groups is 3. The fourth-order valence-electron chi connectivity index (χ4n) is 2.40. The Morgan fingerprint density at radius 1 is 1.15 bits per heavy atom. The van der Waals surface area contributed by atoms with E-state index >= 15 is 0 Å². The fraction of sp³-hybridized carbons (Fsp3) is 0.769. The maximum Gasteiger partial charge on any atom is 0.303 e. The first-order valence-electron chi connectivity index (χ1n) is 6.88. The lowest BCUT2D eigenvalue weighted by Gasteiger charge is -2.22. The Labute approximate surface area is 118 Å². The van der Waals surface area contributed by atoms with Crippen LogP contribution in [0, 0.1) is 5.92 Å². The Morgan fingerprint density at radius 3 is 2.45 bits per heavy atom. The Hall–Kier alpha value is -1.63. The number of hydrogen-bond donors (Lipinski definition) is 2. The third-order valence-corrected chi connectivity index (χ3v) is 3.37. The minimum atomic E-state index is -0.881. The number of primary amides is 1. The summed E-state index contributed by atoms with van der Waals surface area (Å²) in [6.45, 7) is 4.57. The Bertz CT molecular complexity index is 373. The zero-order valence-electron chi connectivity index (χ0n) is 11.9. The van der Waals surface area contributed by atoms with Gasteiger partial charge in [-0.2, -0.15) is 0 Å². The summed E-state index contributed by atoms with van der Waals surface area (Å²) in [5.41, 5.74) is 5.16. The van der Waals surface area contributed by atoms with Gasteiger partial charge in [0, 0.05) is 39.0 Å². The number of hydrogen-bond acceptors (Lipinski definition) is 4. The molecule has 0 aromatic carbocycles. The van der Waals surface area contributed by atoms with Gasteiger partial charge in [0.05, 0.1) is 6.54 Å². The minimum Gasteiger partial charge on any atom is -0.481 e. The molecule has 7 heteroatoms. The lowest BCUT2D eigenvalue weighted by atomic mass is 10.0. The second-order valence-electron chi connectivity index (χ2n) is 5.38. The van der Waals surface area contributed by atoms with Crippen LogP contribution in [0.2, 0.25) is 0 Å². The van der Waals surface area contributed by atoms with Crippen molar-refractivity contribution in [3.05, 3.63) is 0 Å². The molecule has 0 aliphatic carbocycles. The maximum absolute atomic E-state index is 12.1. The van der Waals surface area contributed by atoms with E-state index in [1.807, 2.05) is 4.90 Å². The van der Waals surface area contributed by atoms with Gasteiger partial charge in [0.2, 0.25) is 11.8 Å². The molecule has 0 saturated carbocycles. The molecule has 0 bridgehead atoms. The maximum atomic E-state index is 12.1. The van der Waals surface area contributed by atoms with E-state index in [-0.39, 0.29) is 37.1 Å². The summed E-state index contributed by atoms with van der Waals surface area (Å²) in [7, 11) is 0. The SMILES string of the molecule is CC(CC(=O)O)CC(=O)N1CCCN(CC(N)=O)CC1. The first-order chi connectivity index (χ1) is 9.38. The molecule has 0 radical (unpaired) electrons. The van der Waals surface area contributed by atoms with Gasteiger partial charge in [0.25, 0.3) is 0 Å². The highest BCUT2D eigenvalue weighted by Gasteiger charge is 2.21. The highest BCUT2D eigenvalue weighted by molar-refractivity contribution is 5.77. The van der Waals surface area contributed by atoms with Crippen molar-refractivity contribution in [1.82, 2.24) is 9.80 Å². The van der Waals surface area contributed by atoms with Crippen molar-refractivity contribution in [2.45, 2.75) is 26.2 Å². The molecule has 1 fully saturated rings. The van der Waals surface area contributed by atoms with Crippen LogP contribution in [0.15, 0.2) is 0 Å². The molecule has 7 nitrogen and oxygen atoms in total. The van der Waals surface area contributed by atoms with Gasteiger partial charge in [-0.25, -0.2) is 0 Å². The molecule has 2 amide bonds. The molecule has 114 valence electrons. The molecule has 20 heavy (non-hydrogen) atoms. The quantitative estimate of drug-likeness (QED) is 0.685. The molecule has 0 aromatic heterocycles. The molecule has 1 unspecified atom stereocenters. The summed E-state index contributed by atoms with van der Waals surface area (Å²) in [6, 6.07) is 0. The standard InChI is InChI=1S/C13H23N3O4/c1-10(8-13(19)20)7-12(18)16-4-2-3-15(5-6-16)9-11(14)17/h10H,2-9H2,1H3,(H2,14,17)(H,19,20). The molecule has 1 saturated heterocycles. The number of amides is 2. The predicted molar refractivity (Wildman–Crippen MR) is 72.9 cm³/mol. The largest absolute Gasteiger partial charge is 0.481 e. The van der Waals surface area contributed by atoms with Crippen LogP contribution in [0.25, 0.3) is 0 Å². The Morgan fingerprint density at radius 2 is 1.85 bits per heavy atom. The summed E-state index contributed by atoms with van der Waals surface area (Å²) < 4.78 is 0. The van der Waals surface area contributed by atoms with Crippen LogP contribution < -0.4 is 5.73 Å². The van der Waals surface area contributed by atoms with Gasteiger partial charge < -0.3 is 15.7 Å². The van der Waals surface area contributed by atoms with Gasteiger partial charge >= 0.3 is 5.97 Å². The number of carboxylic acids is 1. The summed E-state index contributed by atoms with van der Waals surface area (Å²) >= 11 is 0. The van der Waals surface area contributed by atoms with E-state index in [4.69, 9.17) is 10.8 Å². The molecule has 1 atom stereocenters. The normalized spacial score (nSPS) is 18.4. The van der Waals surface area contributed by atoms with E-state index in [1.54, 1.807) is 11.8 Å². The van der Waals surface area contributed by atoms with Gasteiger partial charge in [-0.05, 0) is 12.3 Å². The van der Waals surface area contributed by atoms with E-state index in [1.165, 1.54) is 0 Å². The lowest BCUT2D eigenvalue weighted by Crippen LogP contribution is -2.38. The van der Waals surface area contributed by atoms with Gasteiger partial charge in [0.1, 0.15) is 0 Å². The van der Waals surface area contributed by atoms with Crippen LogP contribution in [-0.4, -0.2) is 65.4 Å². The van der Waals surface area contributed by atoms with Crippen LogP contribution in [0.4, 0.5) is 0 Å². The summed E-state index contributed by atoms with van der Waals surface area (Å²) in [6.07, 6.45) is 1.06. The van der Waals surface area contributed by atoms with E-state index in [9.17, 15) is 14.4 Å². The van der Waals surface area contributed by atoms with E-state index in [2.05, 4.69) is 0 Å². The topological polar surface area (TPSA) is 104 Å². The monoisotopic (exact) mass is 285 g/mol. The lowest BCUT2D eigenvalue weighted by molar-refractivity contribution is -0.138. The Kier molecular flexibility index (Phi) is 6.44. The summed E-state index contributed by atoms with van der Waals surface area (Å²) in [5.74, 6) is -1.42. The van der Waals surface area contributed by atoms with Crippen molar-refractivity contribution in [3.8, 4) is 0 Å². The van der Waals surface area contributed by atoms with Gasteiger partial charge in [-0.1, -0.05) is 6.92 Å². The molecular formula is C13H23N3O4. The number of nitrogens with zero attached hydrogens (tertiary/aromatic N) is 2. The molecule has 3 N–H and O–H groups in total. The zero-order valence-corrected chi connectivity index (χ0v) is 11.9. The number of carboxylic acid groups (broad SMARTS) is 1. The molecule has 1 aliphatic heterocycles. The molecular weight excluding hydrogens is 262 g/mol. The number of nitrogens with two attached hydrogens (primary N) is 1. The first-order valence-corrected chi connectivity index (χ1v) is 6.88. The third-order valence-electron chi connectivity index (χ3n) is 3.37.